The number of Topliss-reactive ketones (excluding diaryl/α,β-unsaturated/α-hetero) is 1. The summed E-state index contributed by atoms with van der Waals surface area (Å²) in [4.78, 5) is 48.2. The molecule has 242 valence electrons. The molecule has 0 aliphatic carbocycles. The lowest BCUT2D eigenvalue weighted by atomic mass is 9.95. The molecule has 3 atom stereocenters. The smallest absolute Gasteiger partial charge is 0.234 e. The number of epoxide rings is 1. The molecule has 0 aromatic heterocycles. The molecule has 0 radical (unpaired) electrons. The van der Waals surface area contributed by atoms with Crippen molar-refractivity contribution >= 4 is 23.9 Å². The van der Waals surface area contributed by atoms with Crippen LogP contribution in [0, 0.1) is 6.92 Å². The minimum Gasteiger partial charge on any atom is -0.497 e. The molecular formula is C33H48N4O7. The van der Waals surface area contributed by atoms with E-state index in [-0.39, 0.29) is 30.2 Å². The number of carbonyl (C=O) groups is 4. The molecule has 0 bridgehead atoms. The minimum absolute atomic E-state index is 0.0641. The Morgan fingerprint density at radius 3 is 2.18 bits per heavy atom. The van der Waals surface area contributed by atoms with Crippen molar-refractivity contribution in [1.82, 2.24) is 20.9 Å². The summed E-state index contributed by atoms with van der Waals surface area (Å²) in [5.74, 6) is 0.577. The molecular weight excluding hydrogens is 564 g/mol. The molecule has 2 aliphatic rings. The Bertz CT molecular complexity index is 1150. The zero-order valence-corrected chi connectivity index (χ0v) is 26.6. The number of hydrogen-bond donors (Lipinski definition) is 3. The number of nitrogens with one attached hydrogen (secondary N) is 3. The molecule has 3 unspecified atom stereocenters. The number of methoxy groups -OCH3 is 1. The molecule has 3 N–H and O–H groups in total. The van der Waals surface area contributed by atoms with Gasteiger partial charge in [-0.1, -0.05) is 55.0 Å². The van der Waals surface area contributed by atoms with E-state index >= 15 is 0 Å². The molecule has 2 aromatic rings. The largest absolute Gasteiger partial charge is 0.497 e. The highest BCUT2D eigenvalue weighted by atomic mass is 16.6. The second-order valence-electron chi connectivity index (χ2n) is 10.8. The number of likely N-dealkylation sites (N-methyl/N-ethyl adjacent to an activating group) is 1. The first-order chi connectivity index (χ1) is 21.1. The zero-order chi connectivity index (χ0) is 32.4. The van der Waals surface area contributed by atoms with Gasteiger partial charge in [0.15, 0.2) is 5.78 Å². The number of benzene rings is 2. The van der Waals surface area contributed by atoms with E-state index in [2.05, 4.69) is 22.9 Å². The van der Waals surface area contributed by atoms with Gasteiger partial charge in [0.05, 0.1) is 52.1 Å². The van der Waals surface area contributed by atoms with E-state index in [1.165, 1.54) is 5.56 Å². The lowest BCUT2D eigenvalue weighted by Gasteiger charge is -2.26. The molecule has 2 heterocycles. The van der Waals surface area contributed by atoms with E-state index in [0.717, 1.165) is 30.7 Å². The van der Waals surface area contributed by atoms with Crippen molar-refractivity contribution in [2.45, 2.75) is 51.3 Å². The van der Waals surface area contributed by atoms with E-state index in [0.29, 0.717) is 39.2 Å². The van der Waals surface area contributed by atoms with Crippen LogP contribution in [0.15, 0.2) is 54.6 Å². The number of aryl methyl sites for hydroxylation is 1. The second kappa shape index (κ2) is 19.6. The number of amides is 2. The van der Waals surface area contributed by atoms with Gasteiger partial charge < -0.3 is 35.0 Å². The quantitative estimate of drug-likeness (QED) is 0.228. The van der Waals surface area contributed by atoms with E-state index in [4.69, 9.17) is 14.2 Å². The van der Waals surface area contributed by atoms with E-state index < -0.39 is 11.6 Å². The van der Waals surface area contributed by atoms with E-state index in [1.54, 1.807) is 21.1 Å². The topological polar surface area (TPSA) is 139 Å². The first-order valence-corrected chi connectivity index (χ1v) is 15.0. The summed E-state index contributed by atoms with van der Waals surface area (Å²) in [6.07, 6.45) is 1.89. The number of ether oxygens (including phenoxy) is 3. The fourth-order valence-corrected chi connectivity index (χ4v) is 4.21. The van der Waals surface area contributed by atoms with Gasteiger partial charge in [-0.3, -0.25) is 19.3 Å². The predicted octanol–water partition coefficient (Wildman–Crippen LogP) is 1.71. The number of morpholine rings is 1. The molecule has 4 rings (SSSR count). The van der Waals surface area contributed by atoms with Crippen LogP contribution in [0.25, 0.3) is 0 Å². The highest BCUT2D eigenvalue weighted by molar-refractivity contribution is 5.96. The second-order valence-corrected chi connectivity index (χ2v) is 10.8. The van der Waals surface area contributed by atoms with Gasteiger partial charge in [-0.25, -0.2) is 0 Å². The van der Waals surface area contributed by atoms with E-state index in [9.17, 15) is 19.2 Å². The average molecular weight is 613 g/mol. The normalized spacial score (nSPS) is 18.6. The van der Waals surface area contributed by atoms with Crippen molar-refractivity contribution in [2.75, 3.05) is 60.2 Å². The van der Waals surface area contributed by atoms with Gasteiger partial charge in [0, 0.05) is 13.1 Å². The summed E-state index contributed by atoms with van der Waals surface area (Å²) in [5.41, 5.74) is 1.54. The Balaban J connectivity index is 0.000000247. The Labute approximate surface area is 261 Å². The molecule has 2 aliphatic heterocycles. The Morgan fingerprint density at radius 1 is 1.02 bits per heavy atom. The zero-order valence-electron chi connectivity index (χ0n) is 26.6. The van der Waals surface area contributed by atoms with E-state index in [1.807, 2.05) is 66.4 Å². The van der Waals surface area contributed by atoms with Crippen LogP contribution in [0.5, 0.6) is 5.75 Å². The first-order valence-electron chi connectivity index (χ1n) is 15.0. The Kier molecular flexibility index (Phi) is 16.3. The SMILES string of the molecule is CCC(C=O)NC(=O)CN1CCOCC1.CNCC(=O)NC(Cc1ccccc1)C(=O)C1(C)CO1.COc1ccc(C)cc1. The lowest BCUT2D eigenvalue weighted by molar-refractivity contribution is -0.130. The van der Waals surface area contributed by atoms with Crippen molar-refractivity contribution < 1.29 is 33.4 Å². The van der Waals surface area contributed by atoms with Crippen LogP contribution in [0.2, 0.25) is 0 Å². The molecule has 2 amide bonds. The highest BCUT2D eigenvalue weighted by Gasteiger charge is 2.49. The van der Waals surface area contributed by atoms with Crippen LogP contribution in [-0.2, 0) is 35.1 Å². The molecule has 2 aromatic carbocycles. The van der Waals surface area contributed by atoms with Gasteiger partial charge in [-0.15, -0.1) is 0 Å². The molecule has 2 saturated heterocycles. The number of carbonyl (C=O) groups excluding carboxylic acids is 4. The summed E-state index contributed by atoms with van der Waals surface area (Å²) in [6, 6.07) is 16.7. The fraction of sp³-hybridized carbons (Fsp3) is 0.515. The van der Waals surface area contributed by atoms with Crippen LogP contribution in [-0.4, -0.2) is 107 Å². The third-order valence-corrected chi connectivity index (χ3v) is 7.05. The van der Waals surface area contributed by atoms with Gasteiger partial charge in [0.1, 0.15) is 17.6 Å². The summed E-state index contributed by atoms with van der Waals surface area (Å²) >= 11 is 0. The van der Waals surface area contributed by atoms with Crippen LogP contribution >= 0.6 is 0 Å². The minimum atomic E-state index is -0.730. The Morgan fingerprint density at radius 2 is 1.66 bits per heavy atom. The van der Waals surface area contributed by atoms with Crippen LogP contribution < -0.4 is 20.7 Å². The number of aldehydes is 1. The first kappa shape index (κ1) is 36.6. The summed E-state index contributed by atoms with van der Waals surface area (Å²) in [7, 11) is 3.36. The maximum absolute atomic E-state index is 12.4. The summed E-state index contributed by atoms with van der Waals surface area (Å²) in [6.45, 7) is 9.58. The van der Waals surface area contributed by atoms with Crippen molar-refractivity contribution in [3.63, 3.8) is 0 Å². The lowest BCUT2D eigenvalue weighted by Crippen LogP contribution is -2.49. The van der Waals surface area contributed by atoms with Gasteiger partial charge in [-0.2, -0.15) is 0 Å². The standard InChI is InChI=1S/C15H20N2O3.C10H18N2O3.C8H10O/c1-15(10-20-15)14(19)12(17-13(18)9-16-2)8-11-6-4-3-5-7-11;1-2-9(8-13)11-10(14)7-12-3-5-15-6-4-12;1-7-3-5-8(9-2)6-4-7/h3-7,12,16H,8-10H2,1-2H3,(H,17,18);8-9H,2-7H2,1H3,(H,11,14);3-6H,1-2H3. The maximum Gasteiger partial charge on any atom is 0.234 e. The van der Waals surface area contributed by atoms with Crippen LogP contribution in [0.3, 0.4) is 0 Å². The average Bonchev–Trinajstić information content (AvgIpc) is 3.79. The van der Waals surface area contributed by atoms with Gasteiger partial charge >= 0.3 is 0 Å². The molecule has 11 heteroatoms. The number of hydrogen-bond acceptors (Lipinski definition) is 9. The summed E-state index contributed by atoms with van der Waals surface area (Å²) in [5, 5.41) is 8.23. The highest BCUT2D eigenvalue weighted by Crippen LogP contribution is 2.29. The Hall–Kier alpha value is -3.64. The monoisotopic (exact) mass is 612 g/mol. The van der Waals surface area contributed by atoms with Crippen molar-refractivity contribution in [2.24, 2.45) is 0 Å². The molecule has 0 saturated carbocycles. The number of ketones is 1. The van der Waals surface area contributed by atoms with Crippen LogP contribution in [0.4, 0.5) is 0 Å². The molecule has 11 nitrogen and oxygen atoms in total. The van der Waals surface area contributed by atoms with Crippen molar-refractivity contribution in [3.05, 3.63) is 65.7 Å². The third-order valence-electron chi connectivity index (χ3n) is 7.05. The third kappa shape index (κ3) is 13.8. The van der Waals surface area contributed by atoms with Crippen molar-refractivity contribution in [1.29, 1.82) is 0 Å². The molecule has 44 heavy (non-hydrogen) atoms. The van der Waals surface area contributed by atoms with Crippen molar-refractivity contribution in [3.8, 4) is 5.75 Å². The number of rotatable bonds is 13. The van der Waals surface area contributed by atoms with Gasteiger partial charge in [0.25, 0.3) is 0 Å². The predicted molar refractivity (Wildman–Crippen MR) is 169 cm³/mol. The maximum atomic E-state index is 12.4. The van der Waals surface area contributed by atoms with Crippen LogP contribution in [0.1, 0.15) is 31.4 Å². The van der Waals surface area contributed by atoms with Gasteiger partial charge in [-0.05, 0) is 51.4 Å². The molecule has 2 fully saturated rings. The van der Waals surface area contributed by atoms with Gasteiger partial charge in [0.2, 0.25) is 11.8 Å². The fourth-order valence-electron chi connectivity index (χ4n) is 4.21. The molecule has 0 spiro atoms. The summed E-state index contributed by atoms with van der Waals surface area (Å²) < 4.78 is 15.3. The number of nitrogens with zero attached hydrogens (tertiary/aromatic N) is 1.